The van der Waals surface area contributed by atoms with Gasteiger partial charge in [0.05, 0.1) is 12.2 Å². The normalized spacial score (nSPS) is 37.1. The minimum Gasteiger partial charge on any atom is -0.320 e. The molecule has 1 spiro atoms. The highest BCUT2D eigenvalue weighted by Gasteiger charge is 2.78. The van der Waals surface area contributed by atoms with Crippen LogP contribution in [0.15, 0.2) is 30.9 Å². The van der Waals surface area contributed by atoms with Gasteiger partial charge < -0.3 is 10.2 Å². The maximum Gasteiger partial charge on any atom is 0.291 e. The lowest BCUT2D eigenvalue weighted by molar-refractivity contribution is -0.948. The van der Waals surface area contributed by atoms with Gasteiger partial charge in [-0.15, -0.1) is 6.58 Å². The van der Waals surface area contributed by atoms with E-state index < -0.39 is 17.4 Å². The highest BCUT2D eigenvalue weighted by atomic mass is 35.5. The minimum absolute atomic E-state index is 0.0121. The Hall–Kier alpha value is -2.18. The summed E-state index contributed by atoms with van der Waals surface area (Å²) in [6.07, 6.45) is 3.35. The number of hydrogen-bond acceptors (Lipinski definition) is 3. The molecule has 2 N–H and O–H groups in total. The average Bonchev–Trinajstić information content (AvgIpc) is 3.30. The first-order chi connectivity index (χ1) is 12.5. The molecular weight excluding hydrogens is 354 g/mol. The predicted molar refractivity (Wildman–Crippen MR) is 94.5 cm³/mol. The lowest BCUT2D eigenvalue weighted by atomic mass is 9.75. The quantitative estimate of drug-likeness (QED) is 0.581. The highest BCUT2D eigenvalue weighted by Crippen LogP contribution is 2.51. The van der Waals surface area contributed by atoms with Crippen LogP contribution in [0.1, 0.15) is 18.4 Å². The molecule has 0 aromatic heterocycles. The first-order valence-corrected chi connectivity index (χ1v) is 9.33. The molecule has 4 heterocycles. The number of carbonyl (C=O) groups excluding carboxylic acids is 3. The molecule has 0 aliphatic carbocycles. The van der Waals surface area contributed by atoms with Gasteiger partial charge >= 0.3 is 0 Å². The number of carbonyl (C=O) groups is 3. The van der Waals surface area contributed by atoms with Gasteiger partial charge in [0.1, 0.15) is 17.9 Å². The fraction of sp³-hybridized carbons (Fsp3) is 0.421. The van der Waals surface area contributed by atoms with Gasteiger partial charge in [-0.3, -0.25) is 19.3 Å². The van der Waals surface area contributed by atoms with Crippen molar-refractivity contribution in [1.82, 2.24) is 4.90 Å². The summed E-state index contributed by atoms with van der Waals surface area (Å²) >= 11 is 6.24. The molecule has 7 heteroatoms. The molecule has 1 aromatic rings. The Morgan fingerprint density at radius 2 is 2.15 bits per heavy atom. The smallest absolute Gasteiger partial charge is 0.291 e. The number of nitrogens with one attached hydrogen (secondary N) is 2. The molecule has 26 heavy (non-hydrogen) atoms. The summed E-state index contributed by atoms with van der Waals surface area (Å²) in [7, 11) is 0. The second-order valence-corrected chi connectivity index (χ2v) is 7.99. The summed E-state index contributed by atoms with van der Waals surface area (Å²) in [6, 6.07) is 5.29. The van der Waals surface area contributed by atoms with Crippen molar-refractivity contribution in [2.75, 3.05) is 18.4 Å². The predicted octanol–water partition coefficient (Wildman–Crippen LogP) is 0.335. The number of fused-ring (bicyclic) bond motifs is 7. The standard InChI is InChI=1S/C19H18ClN3O3/c1-2-7-22-16(24)14-13-4-3-8-23(13)19(15(14)17(22)25)11-9-10(20)5-6-12(11)21-18(19)26/h2,5-6,9,13-15H,1,3-4,7-8H2,(H,21,26)/p+1/t13-,14-,15+,19+/m0/s1. The summed E-state index contributed by atoms with van der Waals surface area (Å²) < 4.78 is 0. The van der Waals surface area contributed by atoms with Crippen LogP contribution in [-0.4, -0.2) is 41.8 Å². The van der Waals surface area contributed by atoms with Gasteiger partial charge in [-0.05, 0) is 18.2 Å². The van der Waals surface area contributed by atoms with Gasteiger partial charge in [-0.2, -0.15) is 0 Å². The average molecular weight is 373 g/mol. The summed E-state index contributed by atoms with van der Waals surface area (Å²) in [5.41, 5.74) is 0.390. The van der Waals surface area contributed by atoms with Crippen LogP contribution in [0.5, 0.6) is 0 Å². The molecule has 0 bridgehead atoms. The van der Waals surface area contributed by atoms with E-state index in [2.05, 4.69) is 11.9 Å². The summed E-state index contributed by atoms with van der Waals surface area (Å²) in [5.74, 6) is -1.73. The Balaban J connectivity index is 1.76. The molecule has 0 radical (unpaired) electrons. The lowest BCUT2D eigenvalue weighted by Gasteiger charge is -2.33. The molecule has 3 saturated heterocycles. The summed E-state index contributed by atoms with van der Waals surface area (Å²) in [6.45, 7) is 4.62. The topological polar surface area (TPSA) is 70.9 Å². The summed E-state index contributed by atoms with van der Waals surface area (Å²) in [4.78, 5) is 41.9. The molecule has 1 aromatic carbocycles. The number of benzene rings is 1. The van der Waals surface area contributed by atoms with Crippen molar-refractivity contribution in [2.45, 2.75) is 24.4 Å². The molecule has 4 aliphatic rings. The molecule has 3 amide bonds. The molecule has 5 atom stereocenters. The number of quaternary nitrogens is 1. The Labute approximate surface area is 155 Å². The van der Waals surface area contributed by atoms with Crippen molar-refractivity contribution >= 4 is 35.0 Å². The first kappa shape index (κ1) is 16.0. The van der Waals surface area contributed by atoms with Crippen molar-refractivity contribution < 1.29 is 19.3 Å². The van der Waals surface area contributed by atoms with Crippen molar-refractivity contribution in [3.05, 3.63) is 41.4 Å². The van der Waals surface area contributed by atoms with Gasteiger partial charge in [0.25, 0.3) is 5.91 Å². The number of imide groups is 1. The Bertz CT molecular complexity index is 885. The van der Waals surface area contributed by atoms with E-state index in [1.165, 1.54) is 4.90 Å². The van der Waals surface area contributed by atoms with E-state index in [4.69, 9.17) is 11.6 Å². The Kier molecular flexibility index (Phi) is 3.19. The van der Waals surface area contributed by atoms with Gasteiger partial charge in [0.15, 0.2) is 0 Å². The van der Waals surface area contributed by atoms with Crippen molar-refractivity contribution in [3.63, 3.8) is 0 Å². The third kappa shape index (κ3) is 1.65. The van der Waals surface area contributed by atoms with E-state index in [-0.39, 0.29) is 30.3 Å². The van der Waals surface area contributed by atoms with Crippen molar-refractivity contribution in [2.24, 2.45) is 11.8 Å². The molecule has 5 rings (SSSR count). The molecule has 1 unspecified atom stereocenters. The zero-order valence-electron chi connectivity index (χ0n) is 14.1. The number of anilines is 1. The van der Waals surface area contributed by atoms with Crippen LogP contribution in [0.2, 0.25) is 5.02 Å². The van der Waals surface area contributed by atoms with E-state index in [1.54, 1.807) is 24.3 Å². The molecular formula is C19H19ClN3O3+. The number of halogens is 1. The minimum atomic E-state index is -1.06. The third-order valence-corrected chi connectivity index (χ3v) is 6.82. The largest absolute Gasteiger partial charge is 0.320 e. The second kappa shape index (κ2) is 5.18. The lowest BCUT2D eigenvalue weighted by Crippen LogP contribution is -3.19. The number of likely N-dealkylation sites (tertiary alicyclic amines) is 1. The summed E-state index contributed by atoms with van der Waals surface area (Å²) in [5, 5.41) is 3.47. The number of rotatable bonds is 2. The second-order valence-electron chi connectivity index (χ2n) is 7.56. The van der Waals surface area contributed by atoms with Crippen molar-refractivity contribution in [3.8, 4) is 0 Å². The van der Waals surface area contributed by atoms with E-state index >= 15 is 0 Å². The van der Waals surface area contributed by atoms with Crippen LogP contribution in [0, 0.1) is 11.8 Å². The van der Waals surface area contributed by atoms with Crippen LogP contribution in [0.3, 0.4) is 0 Å². The van der Waals surface area contributed by atoms with Crippen LogP contribution < -0.4 is 10.2 Å². The van der Waals surface area contributed by atoms with Crippen molar-refractivity contribution in [1.29, 1.82) is 0 Å². The maximum absolute atomic E-state index is 13.3. The third-order valence-electron chi connectivity index (χ3n) is 6.58. The molecule has 0 saturated carbocycles. The zero-order chi connectivity index (χ0) is 18.2. The van der Waals surface area contributed by atoms with Gasteiger partial charge in [0.2, 0.25) is 17.4 Å². The van der Waals surface area contributed by atoms with Crippen LogP contribution in [0.25, 0.3) is 0 Å². The van der Waals surface area contributed by atoms with Gasteiger partial charge in [-0.25, -0.2) is 0 Å². The van der Waals surface area contributed by atoms with Gasteiger partial charge in [0, 0.05) is 30.0 Å². The number of nitrogens with zero attached hydrogens (tertiary/aromatic N) is 1. The van der Waals surface area contributed by atoms with E-state index in [0.717, 1.165) is 29.8 Å². The van der Waals surface area contributed by atoms with Crippen LogP contribution in [0.4, 0.5) is 5.69 Å². The zero-order valence-corrected chi connectivity index (χ0v) is 14.9. The number of hydrogen-bond donors (Lipinski definition) is 2. The van der Waals surface area contributed by atoms with Crippen LogP contribution >= 0.6 is 11.6 Å². The molecule has 134 valence electrons. The first-order valence-electron chi connectivity index (χ1n) is 8.95. The fourth-order valence-electron chi connectivity index (χ4n) is 5.80. The van der Waals surface area contributed by atoms with E-state index in [1.807, 2.05) is 0 Å². The SMILES string of the molecule is C=CCN1C(=O)[C@H]2[C@@H]3CCC[NH+]3[C@@]3(C(=O)Nc4ccc(Cl)cc43)[C@H]2C1=O. The fourth-order valence-corrected chi connectivity index (χ4v) is 5.97. The van der Waals surface area contributed by atoms with E-state index in [0.29, 0.717) is 10.7 Å². The maximum atomic E-state index is 13.3. The highest BCUT2D eigenvalue weighted by molar-refractivity contribution is 6.31. The van der Waals surface area contributed by atoms with E-state index in [9.17, 15) is 14.4 Å². The van der Waals surface area contributed by atoms with Crippen LogP contribution in [-0.2, 0) is 19.9 Å². The Morgan fingerprint density at radius 1 is 1.35 bits per heavy atom. The number of amides is 3. The Morgan fingerprint density at radius 3 is 2.92 bits per heavy atom. The molecule has 6 nitrogen and oxygen atoms in total. The molecule has 3 fully saturated rings. The monoisotopic (exact) mass is 372 g/mol. The molecule has 4 aliphatic heterocycles. The van der Waals surface area contributed by atoms with Gasteiger partial charge in [-0.1, -0.05) is 17.7 Å².